The fourth-order valence-electron chi connectivity index (χ4n) is 4.36. The van der Waals surface area contributed by atoms with Crippen LogP contribution in [0.1, 0.15) is 19.4 Å². The topological polar surface area (TPSA) is 105 Å². The van der Waals surface area contributed by atoms with E-state index >= 15 is 0 Å². The lowest BCUT2D eigenvalue weighted by Gasteiger charge is -2.30. The first-order valence-corrected chi connectivity index (χ1v) is 15.3. The molecule has 10 heteroatoms. The third-order valence-electron chi connectivity index (χ3n) is 6.36. The molecule has 8 nitrogen and oxygen atoms in total. The first-order valence-electron chi connectivity index (χ1n) is 13.0. The van der Waals surface area contributed by atoms with Gasteiger partial charge in [0, 0.05) is 17.8 Å². The standard InChI is InChI=1S/C30H34N2O6S2/c1-21(2)19-32(40(35,36)26-12-9-24(37-3)10-13-26)20-28(33)27(17-22-7-5-4-6-8-22)31-30(34)38-25-11-14-29-23(18-25)15-16-39-29/h4-16,18,21,27-28,33H,17,19-20H2,1-3H3,(H,31,34)/t27-,28+/m0/s1. The Balaban J connectivity index is 1.55. The van der Waals surface area contributed by atoms with Crippen LogP contribution in [-0.2, 0) is 16.4 Å². The van der Waals surface area contributed by atoms with E-state index in [9.17, 15) is 18.3 Å². The molecule has 4 aromatic rings. The van der Waals surface area contributed by atoms with Gasteiger partial charge in [0.05, 0.1) is 24.2 Å². The number of nitrogens with zero attached hydrogens (tertiary/aromatic N) is 1. The highest BCUT2D eigenvalue weighted by Gasteiger charge is 2.31. The minimum atomic E-state index is -3.94. The summed E-state index contributed by atoms with van der Waals surface area (Å²) in [5.74, 6) is 0.913. The van der Waals surface area contributed by atoms with Gasteiger partial charge >= 0.3 is 6.09 Å². The first kappa shape index (κ1) is 29.5. The summed E-state index contributed by atoms with van der Waals surface area (Å²) in [6, 6.07) is 22.0. The van der Waals surface area contributed by atoms with Crippen molar-refractivity contribution in [3.63, 3.8) is 0 Å². The zero-order chi connectivity index (χ0) is 28.7. The number of nitrogens with one attached hydrogen (secondary N) is 1. The van der Waals surface area contributed by atoms with Gasteiger partial charge in [0.2, 0.25) is 10.0 Å². The van der Waals surface area contributed by atoms with Gasteiger partial charge in [0.1, 0.15) is 11.5 Å². The van der Waals surface area contributed by atoms with Gasteiger partial charge in [-0.05, 0) is 77.2 Å². The number of benzene rings is 3. The van der Waals surface area contributed by atoms with Crippen molar-refractivity contribution in [2.24, 2.45) is 5.92 Å². The van der Waals surface area contributed by atoms with E-state index < -0.39 is 28.3 Å². The van der Waals surface area contributed by atoms with Crippen LogP contribution in [0.2, 0.25) is 0 Å². The van der Waals surface area contributed by atoms with E-state index in [4.69, 9.17) is 9.47 Å². The summed E-state index contributed by atoms with van der Waals surface area (Å²) >= 11 is 1.59. The van der Waals surface area contributed by atoms with Crippen LogP contribution in [0, 0.1) is 5.92 Å². The second-order valence-electron chi connectivity index (χ2n) is 9.91. The van der Waals surface area contributed by atoms with E-state index in [1.165, 1.54) is 23.5 Å². The number of methoxy groups -OCH3 is 1. The van der Waals surface area contributed by atoms with Gasteiger partial charge in [-0.2, -0.15) is 4.31 Å². The second kappa shape index (κ2) is 13.3. The Labute approximate surface area is 239 Å². The molecule has 0 bridgehead atoms. The van der Waals surface area contributed by atoms with Gasteiger partial charge in [-0.3, -0.25) is 0 Å². The predicted octanol–water partition coefficient (Wildman–Crippen LogP) is 5.32. The van der Waals surface area contributed by atoms with Crippen LogP contribution in [0.25, 0.3) is 10.1 Å². The highest BCUT2D eigenvalue weighted by atomic mass is 32.2. The lowest BCUT2D eigenvalue weighted by Crippen LogP contribution is -2.51. The lowest BCUT2D eigenvalue weighted by atomic mass is 10.0. The third-order valence-corrected chi connectivity index (χ3v) is 9.10. The molecule has 0 fully saturated rings. The number of carbonyl (C=O) groups excluding carboxylic acids is 1. The average molecular weight is 583 g/mol. The summed E-state index contributed by atoms with van der Waals surface area (Å²) < 4.78 is 40.2. The number of aliphatic hydroxyl groups excluding tert-OH is 1. The van der Waals surface area contributed by atoms with Crippen LogP contribution >= 0.6 is 11.3 Å². The average Bonchev–Trinajstić information content (AvgIpc) is 3.40. The summed E-state index contributed by atoms with van der Waals surface area (Å²) in [5, 5.41) is 17.1. The second-order valence-corrected chi connectivity index (χ2v) is 12.8. The van der Waals surface area contributed by atoms with Gasteiger partial charge in [-0.1, -0.05) is 44.2 Å². The maximum absolute atomic E-state index is 13.6. The van der Waals surface area contributed by atoms with Crippen LogP contribution in [0.15, 0.2) is 89.1 Å². The summed E-state index contributed by atoms with van der Waals surface area (Å²) in [7, 11) is -2.43. The van der Waals surface area contributed by atoms with Crippen LogP contribution < -0.4 is 14.8 Å². The maximum atomic E-state index is 13.6. The third kappa shape index (κ3) is 7.60. The van der Waals surface area contributed by atoms with Crippen molar-refractivity contribution in [1.82, 2.24) is 9.62 Å². The number of aliphatic hydroxyl groups is 1. The fraction of sp³-hybridized carbons (Fsp3) is 0.300. The number of sulfonamides is 1. The van der Waals surface area contributed by atoms with E-state index in [2.05, 4.69) is 5.32 Å². The molecule has 2 N–H and O–H groups in total. The molecule has 1 amide bonds. The smallest absolute Gasteiger partial charge is 0.412 e. The molecule has 1 heterocycles. The van der Waals surface area contributed by atoms with Crippen LogP contribution in [-0.4, -0.2) is 56.3 Å². The SMILES string of the molecule is COc1ccc(S(=O)(=O)N(CC(C)C)C[C@@H](O)[C@H](Cc2ccccc2)NC(=O)Oc2ccc3sccc3c2)cc1. The highest BCUT2D eigenvalue weighted by Crippen LogP contribution is 2.26. The van der Waals surface area contributed by atoms with Crippen LogP contribution in [0.5, 0.6) is 11.5 Å². The van der Waals surface area contributed by atoms with E-state index in [0.29, 0.717) is 11.5 Å². The van der Waals surface area contributed by atoms with Crippen molar-refractivity contribution in [3.05, 3.63) is 89.8 Å². The molecular formula is C30H34N2O6S2. The van der Waals surface area contributed by atoms with Crippen LogP contribution in [0.4, 0.5) is 4.79 Å². The fourth-order valence-corrected chi connectivity index (χ4v) is 6.75. The minimum absolute atomic E-state index is 0.00209. The molecule has 40 heavy (non-hydrogen) atoms. The normalized spacial score (nSPS) is 13.3. The van der Waals surface area contributed by atoms with E-state index in [1.807, 2.05) is 61.7 Å². The molecule has 0 aliphatic heterocycles. The number of ether oxygens (including phenoxy) is 2. The largest absolute Gasteiger partial charge is 0.497 e. The molecule has 4 rings (SSSR count). The molecule has 0 saturated carbocycles. The summed E-state index contributed by atoms with van der Waals surface area (Å²) in [6.07, 6.45) is -1.68. The monoisotopic (exact) mass is 582 g/mol. The summed E-state index contributed by atoms with van der Waals surface area (Å²) in [5.41, 5.74) is 0.875. The number of hydrogen-bond acceptors (Lipinski definition) is 7. The van der Waals surface area contributed by atoms with Gasteiger partial charge in [-0.15, -0.1) is 11.3 Å². The molecule has 1 aromatic heterocycles. The zero-order valence-corrected chi connectivity index (χ0v) is 24.3. The van der Waals surface area contributed by atoms with Crippen LogP contribution in [0.3, 0.4) is 0 Å². The van der Waals surface area contributed by atoms with Crippen molar-refractivity contribution in [3.8, 4) is 11.5 Å². The van der Waals surface area contributed by atoms with Crippen molar-refractivity contribution in [2.45, 2.75) is 37.3 Å². The maximum Gasteiger partial charge on any atom is 0.412 e. The molecule has 0 spiro atoms. The van der Waals surface area contributed by atoms with Gasteiger partial charge < -0.3 is 19.9 Å². The van der Waals surface area contributed by atoms with E-state index in [1.54, 1.807) is 35.6 Å². The predicted molar refractivity (Wildman–Crippen MR) is 158 cm³/mol. The number of carbonyl (C=O) groups is 1. The molecular weight excluding hydrogens is 548 g/mol. The molecule has 3 aromatic carbocycles. The van der Waals surface area contributed by atoms with Crippen molar-refractivity contribution < 1.29 is 27.8 Å². The molecule has 0 radical (unpaired) electrons. The quantitative estimate of drug-likeness (QED) is 0.234. The molecule has 0 aliphatic rings. The molecule has 2 atom stereocenters. The van der Waals surface area contributed by atoms with Gasteiger partial charge in [0.15, 0.2) is 0 Å². The van der Waals surface area contributed by atoms with Gasteiger partial charge in [-0.25, -0.2) is 13.2 Å². The van der Waals surface area contributed by atoms with Crippen molar-refractivity contribution in [1.29, 1.82) is 0 Å². The lowest BCUT2D eigenvalue weighted by molar-refractivity contribution is 0.0991. The Morgan fingerprint density at radius 1 is 0.975 bits per heavy atom. The van der Waals surface area contributed by atoms with E-state index in [0.717, 1.165) is 15.6 Å². The Hall–Kier alpha value is -3.44. The Kier molecular flexibility index (Phi) is 9.80. The summed E-state index contributed by atoms with van der Waals surface area (Å²) in [4.78, 5) is 13.0. The van der Waals surface area contributed by atoms with Crippen molar-refractivity contribution >= 4 is 37.5 Å². The van der Waals surface area contributed by atoms with E-state index in [-0.39, 0.29) is 30.3 Å². The Bertz CT molecular complexity index is 1500. The number of rotatable bonds is 12. The highest BCUT2D eigenvalue weighted by molar-refractivity contribution is 7.89. The molecule has 212 valence electrons. The Morgan fingerprint density at radius 3 is 2.35 bits per heavy atom. The number of fused-ring (bicyclic) bond motifs is 1. The minimum Gasteiger partial charge on any atom is -0.497 e. The molecule has 0 unspecified atom stereocenters. The van der Waals surface area contributed by atoms with Crippen molar-refractivity contribution in [2.75, 3.05) is 20.2 Å². The summed E-state index contributed by atoms with van der Waals surface area (Å²) in [6.45, 7) is 3.79. The number of thiophene rings is 1. The van der Waals surface area contributed by atoms with Gasteiger partial charge in [0.25, 0.3) is 0 Å². The number of hydrogen-bond donors (Lipinski definition) is 2. The zero-order valence-electron chi connectivity index (χ0n) is 22.7. The molecule has 0 saturated heterocycles. The number of amides is 1. The first-order chi connectivity index (χ1) is 19.2. The Morgan fingerprint density at radius 2 is 1.68 bits per heavy atom. The molecule has 0 aliphatic carbocycles.